The number of nitrogens with two attached hydrogens (primary N) is 1. The van der Waals surface area contributed by atoms with Crippen molar-refractivity contribution in [2.24, 2.45) is 5.73 Å². The van der Waals surface area contributed by atoms with Crippen LogP contribution < -0.4 is 5.73 Å². The maximum Gasteiger partial charge on any atom is 0.472 e. The van der Waals surface area contributed by atoms with Gasteiger partial charge in [0.25, 0.3) is 0 Å². The second kappa shape index (κ2) is 60.5. The van der Waals surface area contributed by atoms with Crippen molar-refractivity contribution in [3.8, 4) is 0 Å². The van der Waals surface area contributed by atoms with Crippen molar-refractivity contribution in [2.45, 2.75) is 335 Å². The van der Waals surface area contributed by atoms with Crippen LogP contribution in [0.2, 0.25) is 0 Å². The van der Waals surface area contributed by atoms with Gasteiger partial charge in [0.1, 0.15) is 6.61 Å². The minimum Gasteiger partial charge on any atom is -0.462 e. The highest BCUT2D eigenvalue weighted by atomic mass is 31.2. The van der Waals surface area contributed by atoms with Gasteiger partial charge in [-0.3, -0.25) is 18.6 Å². The van der Waals surface area contributed by atoms with E-state index < -0.39 is 26.5 Å². The van der Waals surface area contributed by atoms with Crippen molar-refractivity contribution in [3.05, 3.63) is 36.5 Å². The van der Waals surface area contributed by atoms with E-state index in [-0.39, 0.29) is 38.6 Å². The van der Waals surface area contributed by atoms with Gasteiger partial charge in [0, 0.05) is 19.4 Å². The van der Waals surface area contributed by atoms with Gasteiger partial charge in [-0.2, -0.15) is 0 Å². The van der Waals surface area contributed by atoms with Crippen molar-refractivity contribution >= 4 is 19.8 Å². The Balaban J connectivity index is 3.73. The number of carbonyl (C=O) groups excluding carboxylic acids is 2. The second-order valence-electron chi connectivity index (χ2n) is 21.6. The second-order valence-corrected chi connectivity index (χ2v) is 23.1. The highest BCUT2D eigenvalue weighted by Crippen LogP contribution is 2.43. The third-order valence-corrected chi connectivity index (χ3v) is 15.2. The average molecular weight is 1060 g/mol. The number of unbranched alkanes of at least 4 members (excludes halogenated alkanes) is 42. The zero-order valence-electron chi connectivity index (χ0n) is 48.8. The fourth-order valence-electron chi connectivity index (χ4n) is 9.49. The van der Waals surface area contributed by atoms with Gasteiger partial charge in [0.15, 0.2) is 6.10 Å². The van der Waals surface area contributed by atoms with E-state index in [9.17, 15) is 19.0 Å². The highest BCUT2D eigenvalue weighted by molar-refractivity contribution is 7.47. The molecule has 0 spiro atoms. The van der Waals surface area contributed by atoms with Gasteiger partial charge in [-0.25, -0.2) is 4.57 Å². The first kappa shape index (κ1) is 72.2. The number of phosphoric ester groups is 1. The lowest BCUT2D eigenvalue weighted by Gasteiger charge is -2.19. The molecule has 0 amide bonds. The third kappa shape index (κ3) is 59.5. The molecule has 0 bridgehead atoms. The predicted molar refractivity (Wildman–Crippen MR) is 317 cm³/mol. The monoisotopic (exact) mass is 1060 g/mol. The molecule has 0 aliphatic rings. The lowest BCUT2D eigenvalue weighted by atomic mass is 10.0. The SMILES string of the molecule is CCCCCCC/C=C\C/C=C\CCCCCCCCCCCCCCCCCCCCCCCCCCCCCC(=O)OC(COC(=O)CCCCCCC/C=C\CCCCCCC)COP(=O)(O)OCCN. The molecule has 436 valence electrons. The number of esters is 2. The summed E-state index contributed by atoms with van der Waals surface area (Å²) in [6.07, 6.45) is 73.9. The number of ether oxygens (including phenoxy) is 2. The Morgan fingerprint density at radius 1 is 0.405 bits per heavy atom. The minimum absolute atomic E-state index is 0.0544. The maximum absolute atomic E-state index is 12.7. The zero-order valence-corrected chi connectivity index (χ0v) is 49.7. The van der Waals surface area contributed by atoms with Gasteiger partial charge < -0.3 is 20.1 Å². The molecule has 74 heavy (non-hydrogen) atoms. The van der Waals surface area contributed by atoms with Crippen molar-refractivity contribution in [3.63, 3.8) is 0 Å². The molecule has 0 aliphatic heterocycles. The zero-order chi connectivity index (χ0) is 53.8. The van der Waals surface area contributed by atoms with Crippen LogP contribution in [-0.4, -0.2) is 49.3 Å². The van der Waals surface area contributed by atoms with E-state index in [0.717, 1.165) is 57.8 Å². The summed E-state index contributed by atoms with van der Waals surface area (Å²) in [5, 5.41) is 0. The molecule has 0 aromatic heterocycles. The molecular weight excluding hydrogens is 942 g/mol. The topological polar surface area (TPSA) is 134 Å². The first-order chi connectivity index (χ1) is 36.3. The number of allylic oxidation sites excluding steroid dienone is 6. The first-order valence-corrected chi connectivity index (χ1v) is 33.5. The highest BCUT2D eigenvalue weighted by Gasteiger charge is 2.26. The average Bonchev–Trinajstić information content (AvgIpc) is 3.39. The molecule has 0 radical (unpaired) electrons. The molecule has 9 nitrogen and oxygen atoms in total. The molecule has 2 unspecified atom stereocenters. The Bertz CT molecular complexity index is 1310. The fraction of sp³-hybridized carbons (Fsp3) is 0.875. The molecule has 0 fully saturated rings. The van der Waals surface area contributed by atoms with Crippen LogP contribution in [0.15, 0.2) is 36.5 Å². The van der Waals surface area contributed by atoms with Crippen molar-refractivity contribution in [1.82, 2.24) is 0 Å². The van der Waals surface area contributed by atoms with Gasteiger partial charge in [-0.1, -0.05) is 281 Å². The van der Waals surface area contributed by atoms with Crippen LogP contribution in [0.5, 0.6) is 0 Å². The van der Waals surface area contributed by atoms with E-state index in [2.05, 4.69) is 50.3 Å². The van der Waals surface area contributed by atoms with Crippen molar-refractivity contribution in [1.29, 1.82) is 0 Å². The number of phosphoric acid groups is 1. The van der Waals surface area contributed by atoms with Crippen molar-refractivity contribution in [2.75, 3.05) is 26.4 Å². The summed E-state index contributed by atoms with van der Waals surface area (Å²) in [4.78, 5) is 35.1. The lowest BCUT2D eigenvalue weighted by molar-refractivity contribution is -0.161. The normalized spacial score (nSPS) is 13.2. The molecule has 10 heteroatoms. The summed E-state index contributed by atoms with van der Waals surface area (Å²) < 4.78 is 33.0. The molecule has 0 aromatic carbocycles. The molecule has 0 saturated carbocycles. The number of hydrogen-bond donors (Lipinski definition) is 2. The molecular formula is C64H122NO8P. The molecule has 3 N–H and O–H groups in total. The summed E-state index contributed by atoms with van der Waals surface area (Å²) in [6.45, 7) is 3.76. The maximum atomic E-state index is 12.7. The van der Waals surface area contributed by atoms with Gasteiger partial charge >= 0.3 is 19.8 Å². The Kier molecular flexibility index (Phi) is 59.0. The van der Waals surface area contributed by atoms with E-state index in [1.165, 1.54) is 238 Å². The Labute approximate surface area is 458 Å². The van der Waals surface area contributed by atoms with Gasteiger partial charge in [-0.15, -0.1) is 0 Å². The first-order valence-electron chi connectivity index (χ1n) is 32.0. The summed E-state index contributed by atoms with van der Waals surface area (Å²) >= 11 is 0. The standard InChI is InChI=1S/C64H122NO8P/c1-3-5-7-9-11-13-15-17-19-20-21-22-23-24-25-26-27-28-29-30-31-32-33-34-35-36-37-38-39-40-41-42-43-45-47-49-51-53-55-57-64(67)73-62(61-72-74(68,69)71-59-58-65)60-70-63(66)56-54-52-50-48-46-44-18-16-14-12-10-8-6-4-2/h15-18,20-21,62H,3-14,19,22-61,65H2,1-2H3,(H,68,69)/b17-15-,18-16-,21-20-. The summed E-state index contributed by atoms with van der Waals surface area (Å²) in [7, 11) is -4.38. The number of hydrogen-bond acceptors (Lipinski definition) is 8. The van der Waals surface area contributed by atoms with E-state index in [1.807, 2.05) is 0 Å². The van der Waals surface area contributed by atoms with E-state index in [0.29, 0.717) is 6.42 Å². The Morgan fingerprint density at radius 3 is 1.04 bits per heavy atom. The van der Waals surface area contributed by atoms with Gasteiger partial charge in [0.2, 0.25) is 0 Å². The van der Waals surface area contributed by atoms with Crippen LogP contribution >= 0.6 is 7.82 Å². The van der Waals surface area contributed by atoms with Crippen LogP contribution in [0.25, 0.3) is 0 Å². The molecule has 0 aliphatic carbocycles. The van der Waals surface area contributed by atoms with Gasteiger partial charge in [0.05, 0.1) is 13.2 Å². The van der Waals surface area contributed by atoms with Crippen molar-refractivity contribution < 1.29 is 37.6 Å². The van der Waals surface area contributed by atoms with E-state index in [4.69, 9.17) is 24.3 Å². The number of carbonyl (C=O) groups is 2. The smallest absolute Gasteiger partial charge is 0.462 e. The van der Waals surface area contributed by atoms with Crippen LogP contribution in [0.3, 0.4) is 0 Å². The van der Waals surface area contributed by atoms with Crippen LogP contribution in [0, 0.1) is 0 Å². The fourth-order valence-corrected chi connectivity index (χ4v) is 10.3. The van der Waals surface area contributed by atoms with Crippen LogP contribution in [-0.2, 0) is 32.7 Å². The largest absolute Gasteiger partial charge is 0.472 e. The van der Waals surface area contributed by atoms with E-state index >= 15 is 0 Å². The molecule has 0 saturated heterocycles. The minimum atomic E-state index is -4.38. The Hall–Kier alpha value is -1.77. The third-order valence-electron chi connectivity index (χ3n) is 14.2. The lowest BCUT2D eigenvalue weighted by Crippen LogP contribution is -2.29. The predicted octanol–water partition coefficient (Wildman–Crippen LogP) is 20.4. The van der Waals surface area contributed by atoms with Crippen LogP contribution in [0.4, 0.5) is 0 Å². The van der Waals surface area contributed by atoms with Gasteiger partial charge in [-0.05, 0) is 70.6 Å². The summed E-state index contributed by atoms with van der Waals surface area (Å²) in [5.74, 6) is -0.823. The molecule has 0 rings (SSSR count). The quantitative estimate of drug-likeness (QED) is 0.0264. The van der Waals surface area contributed by atoms with Crippen LogP contribution in [0.1, 0.15) is 328 Å². The molecule has 0 heterocycles. The van der Waals surface area contributed by atoms with E-state index in [1.54, 1.807) is 0 Å². The Morgan fingerprint density at radius 2 is 0.703 bits per heavy atom. The molecule has 0 aromatic rings. The number of rotatable bonds is 61. The summed E-state index contributed by atoms with van der Waals surface area (Å²) in [6, 6.07) is 0. The molecule has 2 atom stereocenters. The summed E-state index contributed by atoms with van der Waals surface area (Å²) in [5.41, 5.74) is 5.38.